The van der Waals surface area contributed by atoms with Gasteiger partial charge in [-0.3, -0.25) is 9.59 Å². The first-order valence-corrected chi connectivity index (χ1v) is 8.10. The molecule has 0 saturated carbocycles. The Kier molecular flexibility index (Phi) is 7.35. The number of ether oxygens (including phenoxy) is 2. The van der Waals surface area contributed by atoms with Gasteiger partial charge in [0.1, 0.15) is 0 Å². The first kappa shape index (κ1) is 23.1. The van der Waals surface area contributed by atoms with Crippen LogP contribution in [0.2, 0.25) is 0 Å². The number of unbranched alkanes of at least 4 members (excludes halogenated alkanes) is 1. The van der Waals surface area contributed by atoms with Crippen LogP contribution in [-0.2, 0) is 9.59 Å². The minimum atomic E-state index is -1.92. The lowest BCUT2D eigenvalue weighted by Gasteiger charge is -2.09. The molecule has 0 saturated heterocycles. The average Bonchev–Trinajstić information content (AvgIpc) is 2.69. The SMILES string of the molecule is O=C(CCCCC(=O)Oc1c(F)c(F)cc(F)c1F)Oc1c(F)c(F)cc(F)c1F. The van der Waals surface area contributed by atoms with Gasteiger partial charge < -0.3 is 9.47 Å². The highest BCUT2D eigenvalue weighted by atomic mass is 19.2. The van der Waals surface area contributed by atoms with Gasteiger partial charge in [-0.05, 0) is 12.8 Å². The molecular formula is C18H10F8O4. The molecular weight excluding hydrogens is 432 g/mol. The third-order valence-electron chi connectivity index (χ3n) is 3.59. The summed E-state index contributed by atoms with van der Waals surface area (Å²) in [5, 5.41) is 0. The van der Waals surface area contributed by atoms with Crippen LogP contribution in [0.1, 0.15) is 25.7 Å². The molecule has 0 aliphatic carbocycles. The molecule has 2 aromatic rings. The van der Waals surface area contributed by atoms with E-state index in [1.54, 1.807) is 0 Å². The summed E-state index contributed by atoms with van der Waals surface area (Å²) in [5.74, 6) is -20.6. The minimum absolute atomic E-state index is 0.0796. The van der Waals surface area contributed by atoms with E-state index < -0.39 is 82.8 Å². The van der Waals surface area contributed by atoms with Crippen molar-refractivity contribution in [2.75, 3.05) is 0 Å². The number of halogens is 8. The Morgan fingerprint density at radius 3 is 1.10 bits per heavy atom. The Morgan fingerprint density at radius 2 is 0.833 bits per heavy atom. The van der Waals surface area contributed by atoms with Gasteiger partial charge >= 0.3 is 11.9 Å². The Bertz CT molecular complexity index is 861. The normalized spacial score (nSPS) is 10.8. The van der Waals surface area contributed by atoms with Crippen molar-refractivity contribution in [1.82, 2.24) is 0 Å². The number of carbonyl (C=O) groups is 2. The summed E-state index contributed by atoms with van der Waals surface area (Å²) in [6.45, 7) is 0. The number of esters is 2. The van der Waals surface area contributed by atoms with E-state index in [9.17, 15) is 44.7 Å². The van der Waals surface area contributed by atoms with Crippen LogP contribution in [0.25, 0.3) is 0 Å². The van der Waals surface area contributed by atoms with E-state index in [2.05, 4.69) is 9.47 Å². The molecule has 0 aliphatic heterocycles. The van der Waals surface area contributed by atoms with Crippen molar-refractivity contribution in [3.05, 3.63) is 58.7 Å². The maximum absolute atomic E-state index is 13.4. The van der Waals surface area contributed by atoms with Crippen LogP contribution < -0.4 is 9.47 Å². The van der Waals surface area contributed by atoms with Crippen LogP contribution in [0.15, 0.2) is 12.1 Å². The van der Waals surface area contributed by atoms with E-state index in [-0.39, 0.29) is 25.0 Å². The molecule has 0 radical (unpaired) electrons. The standard InChI is InChI=1S/C18H10F8O4/c19-7-5-8(20)14(24)17(13(7)23)29-11(27)3-1-2-4-12(28)30-18-15(25)9(21)6-10(22)16(18)26/h5-6H,1-4H2. The van der Waals surface area contributed by atoms with Crippen molar-refractivity contribution in [1.29, 1.82) is 0 Å². The molecule has 0 unspecified atom stereocenters. The van der Waals surface area contributed by atoms with Crippen LogP contribution in [0.3, 0.4) is 0 Å². The lowest BCUT2D eigenvalue weighted by molar-refractivity contribution is -0.137. The summed E-state index contributed by atoms with van der Waals surface area (Å²) < 4.78 is 114. The molecule has 2 aromatic carbocycles. The second-order valence-corrected chi connectivity index (χ2v) is 5.75. The van der Waals surface area contributed by atoms with E-state index >= 15 is 0 Å². The van der Waals surface area contributed by atoms with Crippen LogP contribution in [0, 0.1) is 46.5 Å². The largest absolute Gasteiger partial charge is 0.420 e. The second-order valence-electron chi connectivity index (χ2n) is 5.75. The van der Waals surface area contributed by atoms with Gasteiger partial charge in [-0.25, -0.2) is 17.6 Å². The van der Waals surface area contributed by atoms with Gasteiger partial charge in [0.15, 0.2) is 23.3 Å². The van der Waals surface area contributed by atoms with Crippen molar-refractivity contribution in [3.8, 4) is 11.5 Å². The molecule has 0 spiro atoms. The van der Waals surface area contributed by atoms with Gasteiger partial charge in [0.25, 0.3) is 0 Å². The number of rotatable bonds is 7. The van der Waals surface area contributed by atoms with Gasteiger partial charge in [-0.1, -0.05) is 0 Å². The number of carbonyl (C=O) groups excluding carboxylic acids is 2. The smallest absolute Gasteiger partial charge is 0.311 e. The Hall–Kier alpha value is -3.18. The highest BCUT2D eigenvalue weighted by Gasteiger charge is 2.24. The predicted molar refractivity (Wildman–Crippen MR) is 82.3 cm³/mol. The van der Waals surface area contributed by atoms with Gasteiger partial charge in [-0.2, -0.15) is 17.6 Å². The lowest BCUT2D eigenvalue weighted by Crippen LogP contribution is -2.13. The minimum Gasteiger partial charge on any atom is -0.420 e. The van der Waals surface area contributed by atoms with Crippen molar-refractivity contribution in [2.24, 2.45) is 0 Å². The summed E-state index contributed by atoms with van der Waals surface area (Å²) in [6.07, 6.45) is -1.50. The fraction of sp³-hybridized carbons (Fsp3) is 0.222. The molecule has 0 aliphatic rings. The molecule has 2 rings (SSSR count). The van der Waals surface area contributed by atoms with Crippen molar-refractivity contribution < 1.29 is 54.2 Å². The first-order chi connectivity index (χ1) is 14.0. The van der Waals surface area contributed by atoms with E-state index in [0.717, 1.165) is 0 Å². The lowest BCUT2D eigenvalue weighted by atomic mass is 10.2. The molecule has 12 heteroatoms. The molecule has 0 heterocycles. The summed E-state index contributed by atoms with van der Waals surface area (Å²) >= 11 is 0. The quantitative estimate of drug-likeness (QED) is 0.202. The first-order valence-electron chi connectivity index (χ1n) is 8.10. The van der Waals surface area contributed by atoms with Gasteiger partial charge in [0.2, 0.25) is 34.8 Å². The number of hydrogen-bond acceptors (Lipinski definition) is 4. The van der Waals surface area contributed by atoms with E-state index in [4.69, 9.17) is 0 Å². The third kappa shape index (κ3) is 5.24. The average molecular weight is 442 g/mol. The highest BCUT2D eigenvalue weighted by molar-refractivity contribution is 5.73. The number of benzene rings is 2. The Labute approximate surface area is 163 Å². The zero-order valence-corrected chi connectivity index (χ0v) is 14.6. The summed E-state index contributed by atoms with van der Waals surface area (Å²) in [6, 6.07) is -0.159. The highest BCUT2D eigenvalue weighted by Crippen LogP contribution is 2.28. The molecule has 4 nitrogen and oxygen atoms in total. The Morgan fingerprint density at radius 1 is 0.567 bits per heavy atom. The molecule has 0 N–H and O–H groups in total. The molecule has 0 amide bonds. The summed E-state index contributed by atoms with van der Waals surface area (Å²) in [7, 11) is 0. The second kappa shape index (κ2) is 9.55. The zero-order chi connectivity index (χ0) is 22.6. The summed E-state index contributed by atoms with van der Waals surface area (Å²) in [4.78, 5) is 23.1. The third-order valence-corrected chi connectivity index (χ3v) is 3.59. The molecule has 0 fully saturated rings. The van der Waals surface area contributed by atoms with Crippen LogP contribution in [0.5, 0.6) is 11.5 Å². The van der Waals surface area contributed by atoms with Gasteiger partial charge in [-0.15, -0.1) is 0 Å². The molecule has 162 valence electrons. The number of hydrogen-bond donors (Lipinski definition) is 0. The van der Waals surface area contributed by atoms with Gasteiger partial charge in [0.05, 0.1) is 0 Å². The van der Waals surface area contributed by atoms with Gasteiger partial charge in [0, 0.05) is 25.0 Å². The molecule has 30 heavy (non-hydrogen) atoms. The van der Waals surface area contributed by atoms with E-state index in [1.807, 2.05) is 0 Å². The van der Waals surface area contributed by atoms with Crippen LogP contribution >= 0.6 is 0 Å². The monoisotopic (exact) mass is 442 g/mol. The van der Waals surface area contributed by atoms with Crippen LogP contribution in [0.4, 0.5) is 35.1 Å². The molecule has 0 aromatic heterocycles. The fourth-order valence-electron chi connectivity index (χ4n) is 2.15. The topological polar surface area (TPSA) is 52.6 Å². The summed E-state index contributed by atoms with van der Waals surface area (Å²) in [5.41, 5.74) is 0. The molecule has 0 bridgehead atoms. The van der Waals surface area contributed by atoms with Crippen molar-refractivity contribution in [2.45, 2.75) is 25.7 Å². The van der Waals surface area contributed by atoms with Crippen LogP contribution in [-0.4, -0.2) is 11.9 Å². The zero-order valence-electron chi connectivity index (χ0n) is 14.6. The predicted octanol–water partition coefficient (Wildman–Crippen LogP) is 4.87. The van der Waals surface area contributed by atoms with Crippen molar-refractivity contribution in [3.63, 3.8) is 0 Å². The van der Waals surface area contributed by atoms with Crippen molar-refractivity contribution >= 4 is 11.9 Å². The molecule has 0 atom stereocenters. The fourth-order valence-corrected chi connectivity index (χ4v) is 2.15. The Balaban J connectivity index is 1.86. The maximum Gasteiger partial charge on any atom is 0.311 e. The van der Waals surface area contributed by atoms with E-state index in [0.29, 0.717) is 0 Å². The van der Waals surface area contributed by atoms with E-state index in [1.165, 1.54) is 0 Å². The maximum atomic E-state index is 13.4.